The number of ether oxygens (including phenoxy) is 4. The number of pyridine rings is 1. The van der Waals surface area contributed by atoms with Gasteiger partial charge in [-0.3, -0.25) is 0 Å². The summed E-state index contributed by atoms with van der Waals surface area (Å²) in [6.45, 7) is 3.34. The summed E-state index contributed by atoms with van der Waals surface area (Å²) in [6, 6.07) is 3.72. The van der Waals surface area contributed by atoms with E-state index in [4.69, 9.17) is 30.5 Å². The van der Waals surface area contributed by atoms with Crippen molar-refractivity contribution in [1.29, 1.82) is 0 Å². The van der Waals surface area contributed by atoms with Crippen molar-refractivity contribution in [3.63, 3.8) is 0 Å². The van der Waals surface area contributed by atoms with Crippen molar-refractivity contribution in [3.8, 4) is 22.3 Å². The molecular formula is C20H22ClN5O4S. The summed E-state index contributed by atoms with van der Waals surface area (Å²) >= 11 is 7.64. The van der Waals surface area contributed by atoms with Crippen molar-refractivity contribution in [2.24, 2.45) is 5.92 Å². The zero-order chi connectivity index (χ0) is 21.2. The first kappa shape index (κ1) is 20.5. The average molecular weight is 464 g/mol. The maximum absolute atomic E-state index is 6.28. The Hall–Kier alpha value is -2.40. The molecule has 1 aliphatic rings. The summed E-state index contributed by atoms with van der Waals surface area (Å²) in [5, 5.41) is 10.0. The molecule has 0 aromatic carbocycles. The zero-order valence-corrected chi connectivity index (χ0v) is 18.6. The third-order valence-corrected chi connectivity index (χ3v) is 6.23. The van der Waals surface area contributed by atoms with Gasteiger partial charge >= 0.3 is 0 Å². The Morgan fingerprint density at radius 2 is 2.00 bits per heavy atom. The summed E-state index contributed by atoms with van der Waals surface area (Å²) in [5.41, 5.74) is 2.23. The Morgan fingerprint density at radius 3 is 2.81 bits per heavy atom. The Kier molecular flexibility index (Phi) is 5.95. The molecule has 11 heteroatoms. The van der Waals surface area contributed by atoms with Crippen LogP contribution in [0, 0.1) is 5.92 Å². The highest BCUT2D eigenvalue weighted by molar-refractivity contribution is 7.18. The Bertz CT molecular complexity index is 1150. The fraction of sp³-hybridized carbons (Fsp3) is 0.450. The molecule has 0 amide bonds. The molecule has 4 aromatic heterocycles. The van der Waals surface area contributed by atoms with Crippen LogP contribution in [-0.2, 0) is 9.47 Å². The quantitative estimate of drug-likeness (QED) is 0.369. The van der Waals surface area contributed by atoms with Gasteiger partial charge < -0.3 is 18.9 Å². The minimum absolute atomic E-state index is 0.434. The molecule has 1 saturated heterocycles. The van der Waals surface area contributed by atoms with E-state index in [0.29, 0.717) is 46.5 Å². The first-order chi connectivity index (χ1) is 15.2. The molecule has 0 bridgehead atoms. The van der Waals surface area contributed by atoms with Gasteiger partial charge in [0, 0.05) is 32.1 Å². The summed E-state index contributed by atoms with van der Waals surface area (Å²) in [6.07, 6.45) is 5.68. The lowest BCUT2D eigenvalue weighted by molar-refractivity contribution is 0.0140. The van der Waals surface area contributed by atoms with E-state index in [2.05, 4.69) is 15.2 Å². The van der Waals surface area contributed by atoms with Crippen LogP contribution in [0.5, 0.6) is 10.9 Å². The van der Waals surface area contributed by atoms with Crippen LogP contribution < -0.4 is 9.47 Å². The van der Waals surface area contributed by atoms with Crippen molar-refractivity contribution in [2.75, 3.05) is 40.1 Å². The van der Waals surface area contributed by atoms with E-state index in [1.165, 1.54) is 11.3 Å². The molecule has 0 unspecified atom stereocenters. The number of halogens is 1. The molecule has 9 nitrogen and oxygen atoms in total. The van der Waals surface area contributed by atoms with Crippen LogP contribution in [0.25, 0.3) is 21.9 Å². The predicted molar refractivity (Wildman–Crippen MR) is 116 cm³/mol. The van der Waals surface area contributed by atoms with E-state index < -0.39 is 0 Å². The summed E-state index contributed by atoms with van der Waals surface area (Å²) < 4.78 is 25.7. The minimum atomic E-state index is 0.434. The number of nitrogens with zero attached hydrogens (tertiary/aromatic N) is 5. The number of hydrogen-bond donors (Lipinski definition) is 0. The van der Waals surface area contributed by atoms with Gasteiger partial charge in [-0.2, -0.15) is 5.10 Å². The second-order valence-electron chi connectivity index (χ2n) is 7.29. The normalized spacial score (nSPS) is 15.2. The van der Waals surface area contributed by atoms with E-state index in [0.717, 1.165) is 43.1 Å². The van der Waals surface area contributed by atoms with Crippen LogP contribution in [0.1, 0.15) is 12.8 Å². The van der Waals surface area contributed by atoms with Crippen molar-refractivity contribution >= 4 is 33.4 Å². The predicted octanol–water partition coefficient (Wildman–Crippen LogP) is 3.59. The molecule has 5 rings (SSSR count). The van der Waals surface area contributed by atoms with Crippen LogP contribution in [0.3, 0.4) is 0 Å². The molecule has 4 aromatic rings. The van der Waals surface area contributed by atoms with Gasteiger partial charge in [0.2, 0.25) is 4.96 Å². The Morgan fingerprint density at radius 1 is 1.13 bits per heavy atom. The Balaban J connectivity index is 1.28. The van der Waals surface area contributed by atoms with Crippen LogP contribution in [-0.4, -0.2) is 64.4 Å². The lowest BCUT2D eigenvalue weighted by Crippen LogP contribution is -2.21. The molecule has 0 radical (unpaired) electrons. The van der Waals surface area contributed by atoms with E-state index >= 15 is 0 Å². The minimum Gasteiger partial charge on any atom is -0.489 e. The van der Waals surface area contributed by atoms with Gasteiger partial charge in [0.15, 0.2) is 0 Å². The van der Waals surface area contributed by atoms with Gasteiger partial charge in [0.1, 0.15) is 29.3 Å². The molecule has 0 atom stereocenters. The summed E-state index contributed by atoms with van der Waals surface area (Å²) in [5.74, 6) is 1.23. The van der Waals surface area contributed by atoms with Gasteiger partial charge in [0.25, 0.3) is 5.19 Å². The van der Waals surface area contributed by atoms with E-state index in [1.54, 1.807) is 28.4 Å². The fourth-order valence-electron chi connectivity index (χ4n) is 3.53. The lowest BCUT2D eigenvalue weighted by atomic mass is 10.0. The monoisotopic (exact) mass is 463 g/mol. The standard InChI is InChI=1S/C20H22ClN5O4S/c1-27-20-24-26-11-16(22-19(26)31-20)15-9-17-18(8-14(21)10-25(17)23-15)30-7-6-29-12-13-2-4-28-5-3-13/h8-11,13H,2-7,12H2,1H3. The maximum atomic E-state index is 6.28. The third-order valence-electron chi connectivity index (χ3n) is 5.14. The summed E-state index contributed by atoms with van der Waals surface area (Å²) in [4.78, 5) is 5.33. The van der Waals surface area contributed by atoms with Gasteiger partial charge in [-0.1, -0.05) is 11.6 Å². The van der Waals surface area contributed by atoms with E-state index in [-0.39, 0.29) is 0 Å². The third kappa shape index (κ3) is 4.47. The van der Waals surface area contributed by atoms with Crippen LogP contribution in [0.4, 0.5) is 0 Å². The molecule has 0 spiro atoms. The highest BCUT2D eigenvalue weighted by Crippen LogP contribution is 2.30. The second kappa shape index (κ2) is 8.99. The second-order valence-corrected chi connectivity index (χ2v) is 8.64. The van der Waals surface area contributed by atoms with E-state index in [1.807, 2.05) is 12.3 Å². The van der Waals surface area contributed by atoms with Crippen molar-refractivity contribution < 1.29 is 18.9 Å². The number of aromatic nitrogens is 5. The van der Waals surface area contributed by atoms with Crippen LogP contribution in [0.2, 0.25) is 5.02 Å². The fourth-order valence-corrected chi connectivity index (χ4v) is 4.42. The highest BCUT2D eigenvalue weighted by atomic mass is 35.5. The SMILES string of the molecule is COc1nn2cc(-c3cc4c(OCCOCC5CCOCC5)cc(Cl)cn4n3)nc2s1. The zero-order valence-electron chi connectivity index (χ0n) is 17.0. The highest BCUT2D eigenvalue weighted by Gasteiger charge is 2.16. The van der Waals surface area contributed by atoms with Crippen molar-refractivity contribution in [1.82, 2.24) is 24.2 Å². The van der Waals surface area contributed by atoms with Crippen LogP contribution in [0.15, 0.2) is 24.5 Å². The van der Waals surface area contributed by atoms with Gasteiger partial charge in [-0.25, -0.2) is 14.0 Å². The average Bonchev–Trinajstić information content (AvgIpc) is 3.46. The molecule has 31 heavy (non-hydrogen) atoms. The Labute approximate surface area is 187 Å². The molecule has 5 heterocycles. The number of rotatable bonds is 8. The molecule has 1 aliphatic heterocycles. The molecule has 164 valence electrons. The lowest BCUT2D eigenvalue weighted by Gasteiger charge is -2.21. The molecule has 0 saturated carbocycles. The van der Waals surface area contributed by atoms with Crippen LogP contribution >= 0.6 is 22.9 Å². The smallest absolute Gasteiger partial charge is 0.294 e. The molecule has 0 aliphatic carbocycles. The largest absolute Gasteiger partial charge is 0.489 e. The first-order valence-electron chi connectivity index (χ1n) is 10.1. The van der Waals surface area contributed by atoms with Gasteiger partial charge in [0.05, 0.1) is 24.9 Å². The van der Waals surface area contributed by atoms with Crippen molar-refractivity contribution in [3.05, 3.63) is 29.5 Å². The number of fused-ring (bicyclic) bond motifs is 2. The number of imidazole rings is 1. The number of hydrogen-bond acceptors (Lipinski definition) is 8. The van der Waals surface area contributed by atoms with E-state index in [9.17, 15) is 0 Å². The maximum Gasteiger partial charge on any atom is 0.294 e. The molecule has 0 N–H and O–H groups in total. The molecular weight excluding hydrogens is 442 g/mol. The van der Waals surface area contributed by atoms with Gasteiger partial charge in [-0.15, -0.1) is 5.10 Å². The van der Waals surface area contributed by atoms with Gasteiger partial charge in [-0.05, 0) is 36.2 Å². The topological polar surface area (TPSA) is 84.4 Å². The summed E-state index contributed by atoms with van der Waals surface area (Å²) in [7, 11) is 1.59. The molecule has 1 fully saturated rings. The first-order valence-corrected chi connectivity index (χ1v) is 11.3. The van der Waals surface area contributed by atoms with Crippen molar-refractivity contribution in [2.45, 2.75) is 12.8 Å². The number of methoxy groups -OCH3 is 1.